The molecule has 3 nitrogen and oxygen atoms in total. The maximum Gasteiger partial charge on any atom is 0.227 e. The maximum atomic E-state index is 12.3. The first kappa shape index (κ1) is 12.6. The second-order valence-corrected chi connectivity index (χ2v) is 5.51. The van der Waals surface area contributed by atoms with Crippen molar-refractivity contribution in [2.75, 3.05) is 19.6 Å². The van der Waals surface area contributed by atoms with Crippen molar-refractivity contribution in [1.82, 2.24) is 10.2 Å². The molecular weight excluding hydrogens is 232 g/mol. The molecule has 1 saturated heterocycles. The van der Waals surface area contributed by atoms with Crippen LogP contribution in [0.3, 0.4) is 0 Å². The number of thiophene rings is 1. The highest BCUT2D eigenvalue weighted by Gasteiger charge is 2.25. The van der Waals surface area contributed by atoms with Crippen LogP contribution in [0.25, 0.3) is 0 Å². The SMILES string of the molecule is CCN(Cc1cccs1)C(=O)[C@@H]1CCCNC1. The average molecular weight is 252 g/mol. The molecule has 0 bridgehead atoms. The Bertz CT molecular complexity index is 344. The van der Waals surface area contributed by atoms with Crippen molar-refractivity contribution < 1.29 is 4.79 Å². The van der Waals surface area contributed by atoms with Crippen LogP contribution in [0.15, 0.2) is 17.5 Å². The summed E-state index contributed by atoms with van der Waals surface area (Å²) in [7, 11) is 0. The molecule has 1 aromatic rings. The first-order valence-corrected chi connectivity index (χ1v) is 7.21. The van der Waals surface area contributed by atoms with Crippen molar-refractivity contribution in [3.05, 3.63) is 22.4 Å². The molecule has 0 unspecified atom stereocenters. The van der Waals surface area contributed by atoms with Gasteiger partial charge in [0.05, 0.1) is 12.5 Å². The summed E-state index contributed by atoms with van der Waals surface area (Å²) < 4.78 is 0. The molecule has 0 spiro atoms. The van der Waals surface area contributed by atoms with Crippen molar-refractivity contribution in [3.8, 4) is 0 Å². The molecular formula is C13H20N2OS. The van der Waals surface area contributed by atoms with Gasteiger partial charge in [0.1, 0.15) is 0 Å². The van der Waals surface area contributed by atoms with Gasteiger partial charge in [0.15, 0.2) is 0 Å². The highest BCUT2D eigenvalue weighted by molar-refractivity contribution is 7.09. The third-order valence-electron chi connectivity index (χ3n) is 3.27. The number of rotatable bonds is 4. The van der Waals surface area contributed by atoms with Gasteiger partial charge in [0.25, 0.3) is 0 Å². The molecule has 2 heterocycles. The number of hydrogen-bond donors (Lipinski definition) is 1. The monoisotopic (exact) mass is 252 g/mol. The minimum atomic E-state index is 0.184. The predicted octanol–water partition coefficient (Wildman–Crippen LogP) is 2.10. The molecule has 1 aliphatic heterocycles. The first-order valence-electron chi connectivity index (χ1n) is 6.33. The molecule has 1 aliphatic rings. The third-order valence-corrected chi connectivity index (χ3v) is 4.13. The lowest BCUT2D eigenvalue weighted by Crippen LogP contribution is -2.42. The summed E-state index contributed by atoms with van der Waals surface area (Å²) in [6.45, 7) is 5.53. The molecule has 2 rings (SSSR count). The zero-order valence-corrected chi connectivity index (χ0v) is 11.1. The Kier molecular flexibility index (Phi) is 4.57. The zero-order chi connectivity index (χ0) is 12.1. The molecule has 1 amide bonds. The third kappa shape index (κ3) is 3.30. The van der Waals surface area contributed by atoms with E-state index in [1.165, 1.54) is 4.88 Å². The molecule has 1 aromatic heterocycles. The molecule has 94 valence electrons. The fraction of sp³-hybridized carbons (Fsp3) is 0.615. The summed E-state index contributed by atoms with van der Waals surface area (Å²) in [6.07, 6.45) is 2.15. The van der Waals surface area contributed by atoms with Crippen molar-refractivity contribution in [2.45, 2.75) is 26.3 Å². The van der Waals surface area contributed by atoms with Gasteiger partial charge in [-0.3, -0.25) is 4.79 Å². The van der Waals surface area contributed by atoms with Crippen LogP contribution in [-0.4, -0.2) is 30.4 Å². The van der Waals surface area contributed by atoms with Crippen LogP contribution in [0.4, 0.5) is 0 Å². The molecule has 0 aromatic carbocycles. The quantitative estimate of drug-likeness (QED) is 0.890. The Morgan fingerprint density at radius 3 is 3.12 bits per heavy atom. The van der Waals surface area contributed by atoms with Gasteiger partial charge in [-0.2, -0.15) is 0 Å². The van der Waals surface area contributed by atoms with E-state index >= 15 is 0 Å². The lowest BCUT2D eigenvalue weighted by molar-refractivity contribution is -0.136. The van der Waals surface area contributed by atoms with Crippen LogP contribution in [0.5, 0.6) is 0 Å². The first-order chi connectivity index (χ1) is 8.31. The highest BCUT2D eigenvalue weighted by atomic mass is 32.1. The molecule has 0 aliphatic carbocycles. The number of hydrogen-bond acceptors (Lipinski definition) is 3. The Morgan fingerprint density at radius 1 is 1.65 bits per heavy atom. The van der Waals surface area contributed by atoms with Crippen molar-refractivity contribution in [3.63, 3.8) is 0 Å². The smallest absolute Gasteiger partial charge is 0.227 e. The number of amides is 1. The Balaban J connectivity index is 1.94. The molecule has 0 radical (unpaired) electrons. The number of carbonyl (C=O) groups is 1. The average Bonchev–Trinajstić information content (AvgIpc) is 2.89. The summed E-state index contributed by atoms with van der Waals surface area (Å²) in [6, 6.07) is 4.14. The summed E-state index contributed by atoms with van der Waals surface area (Å²) in [5.41, 5.74) is 0. The van der Waals surface area contributed by atoms with E-state index in [2.05, 4.69) is 23.7 Å². The van der Waals surface area contributed by atoms with Crippen molar-refractivity contribution >= 4 is 17.2 Å². The second kappa shape index (κ2) is 6.17. The molecule has 0 saturated carbocycles. The van der Waals surface area contributed by atoms with Crippen LogP contribution in [0.1, 0.15) is 24.6 Å². The molecule has 4 heteroatoms. The lowest BCUT2D eigenvalue weighted by atomic mass is 9.98. The standard InChI is InChI=1S/C13H20N2OS/c1-2-15(10-12-6-4-8-17-12)13(16)11-5-3-7-14-9-11/h4,6,8,11,14H,2-3,5,7,9-10H2,1H3/t11-/m1/s1. The number of piperidine rings is 1. The number of carbonyl (C=O) groups excluding carboxylic acids is 1. The van der Waals surface area contributed by atoms with Crippen molar-refractivity contribution in [1.29, 1.82) is 0 Å². The van der Waals surface area contributed by atoms with Gasteiger partial charge in [-0.1, -0.05) is 6.07 Å². The maximum absolute atomic E-state index is 12.3. The topological polar surface area (TPSA) is 32.3 Å². The molecule has 17 heavy (non-hydrogen) atoms. The molecule has 1 N–H and O–H groups in total. The van der Waals surface area contributed by atoms with Gasteiger partial charge in [-0.25, -0.2) is 0 Å². The molecule has 1 atom stereocenters. The Morgan fingerprint density at radius 2 is 2.53 bits per heavy atom. The van der Waals surface area contributed by atoms with E-state index in [1.807, 2.05) is 11.0 Å². The highest BCUT2D eigenvalue weighted by Crippen LogP contribution is 2.17. The second-order valence-electron chi connectivity index (χ2n) is 4.48. The van der Waals surface area contributed by atoms with E-state index in [-0.39, 0.29) is 5.92 Å². The minimum absolute atomic E-state index is 0.184. The van der Waals surface area contributed by atoms with Crippen LogP contribution in [0, 0.1) is 5.92 Å². The van der Waals surface area contributed by atoms with Crippen LogP contribution in [-0.2, 0) is 11.3 Å². The van der Waals surface area contributed by atoms with Crippen LogP contribution < -0.4 is 5.32 Å². The summed E-state index contributed by atoms with van der Waals surface area (Å²) in [4.78, 5) is 15.6. The van der Waals surface area contributed by atoms with Gasteiger partial charge in [-0.05, 0) is 37.8 Å². The number of nitrogens with one attached hydrogen (secondary N) is 1. The van der Waals surface area contributed by atoms with E-state index in [0.29, 0.717) is 5.91 Å². The van der Waals surface area contributed by atoms with Gasteiger partial charge in [-0.15, -0.1) is 11.3 Å². The van der Waals surface area contributed by atoms with Gasteiger partial charge in [0.2, 0.25) is 5.91 Å². The van der Waals surface area contributed by atoms with E-state index in [4.69, 9.17) is 0 Å². The van der Waals surface area contributed by atoms with E-state index in [9.17, 15) is 4.79 Å². The van der Waals surface area contributed by atoms with Gasteiger partial charge < -0.3 is 10.2 Å². The fourth-order valence-corrected chi connectivity index (χ4v) is 2.98. The van der Waals surface area contributed by atoms with Crippen LogP contribution in [0.2, 0.25) is 0 Å². The van der Waals surface area contributed by atoms with E-state index in [1.54, 1.807) is 11.3 Å². The van der Waals surface area contributed by atoms with Crippen molar-refractivity contribution in [2.24, 2.45) is 5.92 Å². The Labute approximate surface area is 107 Å². The molecule has 1 fully saturated rings. The predicted molar refractivity (Wildman–Crippen MR) is 71.0 cm³/mol. The Hall–Kier alpha value is -0.870. The van der Waals surface area contributed by atoms with Gasteiger partial charge in [0, 0.05) is 18.0 Å². The van der Waals surface area contributed by atoms with Crippen LogP contribution >= 0.6 is 11.3 Å². The summed E-state index contributed by atoms with van der Waals surface area (Å²) in [5.74, 6) is 0.497. The lowest BCUT2D eigenvalue weighted by Gasteiger charge is -2.28. The summed E-state index contributed by atoms with van der Waals surface area (Å²) >= 11 is 1.72. The summed E-state index contributed by atoms with van der Waals surface area (Å²) in [5, 5.41) is 5.37. The van der Waals surface area contributed by atoms with E-state index < -0.39 is 0 Å². The fourth-order valence-electron chi connectivity index (χ4n) is 2.26. The van der Waals surface area contributed by atoms with Gasteiger partial charge >= 0.3 is 0 Å². The minimum Gasteiger partial charge on any atom is -0.338 e. The largest absolute Gasteiger partial charge is 0.338 e. The van der Waals surface area contributed by atoms with E-state index in [0.717, 1.165) is 39.0 Å². The number of nitrogens with zero attached hydrogens (tertiary/aromatic N) is 1. The zero-order valence-electron chi connectivity index (χ0n) is 10.3. The normalized spacial score (nSPS) is 20.2.